The van der Waals surface area contributed by atoms with E-state index in [2.05, 4.69) is 62.8 Å². The number of Topliss-reactive ketones (excluding diaryl/α,β-unsaturated/α-hetero) is 1. The van der Waals surface area contributed by atoms with Gasteiger partial charge in [0.05, 0.1) is 41.9 Å². The van der Waals surface area contributed by atoms with Crippen molar-refractivity contribution in [2.24, 2.45) is 9.98 Å². The number of esters is 1. The van der Waals surface area contributed by atoms with Gasteiger partial charge in [-0.15, -0.1) is 5.10 Å². The number of hydrogen-bond donors (Lipinski definition) is 9. The van der Waals surface area contributed by atoms with Crippen LogP contribution in [0, 0.1) is 0 Å². The van der Waals surface area contributed by atoms with Gasteiger partial charge < -0.3 is 57.1 Å². The molecular weight excluding hydrogens is 1000 g/mol. The topological polar surface area (TPSA) is 276 Å². The minimum Gasteiger partial charge on any atom is -0.504 e. The second-order valence-electron chi connectivity index (χ2n) is 17.5. The number of amidine groups is 2. The summed E-state index contributed by atoms with van der Waals surface area (Å²) in [6.07, 6.45) is 5.11. The van der Waals surface area contributed by atoms with E-state index < -0.39 is 29.7 Å². The molecule has 0 saturated heterocycles. The number of hydrogen-bond acceptors (Lipinski definition) is 16. The number of ether oxygens (including phenoxy) is 2. The molecule has 0 fully saturated rings. The lowest BCUT2D eigenvalue weighted by atomic mass is 10.1. The van der Waals surface area contributed by atoms with Gasteiger partial charge in [0.2, 0.25) is 5.78 Å². The van der Waals surface area contributed by atoms with Gasteiger partial charge in [0.1, 0.15) is 17.2 Å². The number of phenolic OH excluding ortho intramolecular Hbond substituents is 1. The summed E-state index contributed by atoms with van der Waals surface area (Å²) in [5.41, 5.74) is 5.41. The second-order valence-corrected chi connectivity index (χ2v) is 18.6. The molecular formula is C55H55N13O8S. The van der Waals surface area contributed by atoms with Crippen LogP contribution in [0.1, 0.15) is 52.5 Å². The number of allylic oxidation sites excluding steroid dienone is 1. The summed E-state index contributed by atoms with van der Waals surface area (Å²) in [5, 5.41) is 43.3. The third-order valence-electron chi connectivity index (χ3n) is 11.9. The van der Waals surface area contributed by atoms with E-state index in [1.807, 2.05) is 54.6 Å². The number of carbonyl (C=O) groups excluding carboxylic acids is 5. The largest absolute Gasteiger partial charge is 0.504 e. The van der Waals surface area contributed by atoms with Crippen molar-refractivity contribution < 1.29 is 38.6 Å². The van der Waals surface area contributed by atoms with E-state index in [0.717, 1.165) is 47.6 Å². The molecule has 5 amide bonds. The number of aliphatic imine (C=N–C) groups is 2. The van der Waals surface area contributed by atoms with Gasteiger partial charge in [-0.1, -0.05) is 41.2 Å². The number of para-hydroxylation sites is 1. The van der Waals surface area contributed by atoms with Gasteiger partial charge in [0, 0.05) is 83.9 Å². The number of phenols is 1. The lowest BCUT2D eigenvalue weighted by Gasteiger charge is -2.14. The zero-order valence-electron chi connectivity index (χ0n) is 41.9. The second kappa shape index (κ2) is 25.2. The first-order valence-corrected chi connectivity index (χ1v) is 25.7. The minimum absolute atomic E-state index is 0.0772. The molecule has 4 heterocycles. The van der Waals surface area contributed by atoms with Crippen molar-refractivity contribution in [3.8, 4) is 11.5 Å². The summed E-state index contributed by atoms with van der Waals surface area (Å²) in [4.78, 5) is 75.4. The highest BCUT2D eigenvalue weighted by Crippen LogP contribution is 2.41. The number of amides is 5. The van der Waals surface area contributed by atoms with Crippen LogP contribution in [0.2, 0.25) is 0 Å². The maximum absolute atomic E-state index is 13.6. The summed E-state index contributed by atoms with van der Waals surface area (Å²) in [7, 11) is 0. The smallest absolute Gasteiger partial charge is 0.344 e. The van der Waals surface area contributed by atoms with Gasteiger partial charge in [0.25, 0.3) is 5.91 Å². The lowest BCUT2D eigenvalue weighted by molar-refractivity contribution is -0.139. The molecule has 5 aromatic carbocycles. The van der Waals surface area contributed by atoms with Crippen molar-refractivity contribution in [3.63, 3.8) is 0 Å². The standard InChI is InChI=1S/C55H55N13O8S/c1-2-75-53(72)47-48(70)46(77-52(47)61-38-8-4-3-5-9-38)29-34-10-19-45(44(69)28-34)76-27-7-6-26-68-33-41(66-67-68)20-21-60-51(71)37-30-42(64-54(73)62-39-15-11-35(12-16-39)49-56-22-23-57-49)32-43(31-37)65-55(74)63-40-17-13-36(14-18-40)50-58-24-25-59-50/h3-5,8-19,28-33,61,69H,2,6-7,20-27H2,1H3,(H,56,57)(H,58,59)(H,60,71)(H2,62,64,73)(H2,63,65,74)/b46-29-. The molecule has 3 aliphatic rings. The Kier molecular flexibility index (Phi) is 17.2. The van der Waals surface area contributed by atoms with Crippen LogP contribution in [0.4, 0.5) is 38.0 Å². The molecule has 0 unspecified atom stereocenters. The van der Waals surface area contributed by atoms with Gasteiger partial charge in [0.15, 0.2) is 11.5 Å². The molecule has 77 heavy (non-hydrogen) atoms. The predicted molar refractivity (Wildman–Crippen MR) is 297 cm³/mol. The molecule has 21 nitrogen and oxygen atoms in total. The van der Waals surface area contributed by atoms with Crippen molar-refractivity contribution in [2.45, 2.75) is 32.7 Å². The van der Waals surface area contributed by atoms with Crippen molar-refractivity contribution in [1.82, 2.24) is 30.9 Å². The number of unbranched alkanes of at least 4 members (excludes halogenated alkanes) is 1. The van der Waals surface area contributed by atoms with E-state index in [9.17, 15) is 29.1 Å². The summed E-state index contributed by atoms with van der Waals surface area (Å²) in [6, 6.07) is 32.0. The molecule has 9 rings (SSSR count). The van der Waals surface area contributed by atoms with E-state index in [1.165, 1.54) is 18.2 Å². The lowest BCUT2D eigenvalue weighted by Crippen LogP contribution is -2.27. The van der Waals surface area contributed by atoms with Crippen LogP contribution in [0.25, 0.3) is 6.08 Å². The molecule has 0 radical (unpaired) electrons. The van der Waals surface area contributed by atoms with Crippen LogP contribution in [-0.2, 0) is 27.3 Å². The van der Waals surface area contributed by atoms with Gasteiger partial charge in [-0.3, -0.25) is 24.3 Å². The van der Waals surface area contributed by atoms with Crippen LogP contribution < -0.4 is 47.3 Å². The van der Waals surface area contributed by atoms with Crippen molar-refractivity contribution in [2.75, 3.05) is 72.5 Å². The summed E-state index contributed by atoms with van der Waals surface area (Å²) >= 11 is 1.12. The number of carbonyl (C=O) groups is 5. The third kappa shape index (κ3) is 14.2. The zero-order chi connectivity index (χ0) is 53.5. The molecule has 0 aliphatic carbocycles. The average Bonchev–Trinajstić information content (AvgIpc) is 4.30. The fourth-order valence-corrected chi connectivity index (χ4v) is 9.23. The Morgan fingerprint density at radius 1 is 0.753 bits per heavy atom. The number of aryl methyl sites for hydroxylation is 1. The molecule has 6 aromatic rings. The van der Waals surface area contributed by atoms with Crippen molar-refractivity contribution in [3.05, 3.63) is 165 Å². The first kappa shape index (κ1) is 52.4. The number of rotatable bonds is 21. The van der Waals surface area contributed by atoms with Gasteiger partial charge in [-0.05, 0) is 122 Å². The number of thioether (sulfide) groups is 1. The molecule has 0 saturated carbocycles. The fourth-order valence-electron chi connectivity index (χ4n) is 8.18. The van der Waals surface area contributed by atoms with Gasteiger partial charge >= 0.3 is 18.0 Å². The highest BCUT2D eigenvalue weighted by atomic mass is 32.2. The Morgan fingerprint density at radius 2 is 1.39 bits per heavy atom. The van der Waals surface area contributed by atoms with Crippen LogP contribution >= 0.6 is 11.8 Å². The van der Waals surface area contributed by atoms with Crippen LogP contribution in [0.3, 0.4) is 0 Å². The predicted octanol–water partition coefficient (Wildman–Crippen LogP) is 7.35. The molecule has 0 atom stereocenters. The summed E-state index contributed by atoms with van der Waals surface area (Å²) < 4.78 is 12.7. The molecule has 22 heteroatoms. The van der Waals surface area contributed by atoms with E-state index in [4.69, 9.17) is 9.47 Å². The monoisotopic (exact) mass is 1060 g/mol. The first-order valence-electron chi connectivity index (χ1n) is 24.9. The molecule has 394 valence electrons. The van der Waals surface area contributed by atoms with E-state index in [0.29, 0.717) is 83.8 Å². The Balaban J connectivity index is 0.748. The Morgan fingerprint density at radius 3 is 1.99 bits per heavy atom. The molecule has 0 spiro atoms. The SMILES string of the molecule is CCOC(=O)C1=C(Nc2ccccc2)S/C(=C\c2ccc(OCCCCn3cc(CCNC(=O)c4cc(NC(=O)Nc5ccc(C6=NCCN6)cc5)cc(NC(=O)Nc5ccc(C6=NCCN6)cc5)c4)nn3)c(O)c2)C1=O. The van der Waals surface area contributed by atoms with Gasteiger partial charge in [-0.25, -0.2) is 14.4 Å². The number of anilines is 5. The van der Waals surface area contributed by atoms with Gasteiger partial charge in [-0.2, -0.15) is 0 Å². The minimum atomic E-state index is -0.713. The van der Waals surface area contributed by atoms with E-state index >= 15 is 0 Å². The number of nitrogens with zero attached hydrogens (tertiary/aromatic N) is 5. The van der Waals surface area contributed by atoms with Crippen molar-refractivity contribution >= 4 is 87.7 Å². The fraction of sp³-hybridized carbons (Fsp3) is 0.218. The van der Waals surface area contributed by atoms with Crippen LogP contribution in [0.15, 0.2) is 147 Å². The number of urea groups is 2. The number of aromatic nitrogens is 3. The molecule has 0 bridgehead atoms. The zero-order valence-corrected chi connectivity index (χ0v) is 42.7. The summed E-state index contributed by atoms with van der Waals surface area (Å²) in [6.45, 7) is 5.83. The highest BCUT2D eigenvalue weighted by Gasteiger charge is 2.35. The van der Waals surface area contributed by atoms with E-state index in [1.54, 1.807) is 66.3 Å². The first-order chi connectivity index (χ1) is 37.5. The maximum atomic E-state index is 13.6. The Bertz CT molecular complexity index is 3180. The number of aromatic hydroxyl groups is 1. The van der Waals surface area contributed by atoms with Crippen LogP contribution in [-0.4, -0.2) is 107 Å². The highest BCUT2D eigenvalue weighted by molar-refractivity contribution is 8.08. The molecule has 9 N–H and O–H groups in total. The number of nitrogens with one attached hydrogen (secondary N) is 8. The average molecular weight is 1060 g/mol. The van der Waals surface area contributed by atoms with Crippen LogP contribution in [0.5, 0.6) is 11.5 Å². The Hall–Kier alpha value is -9.44. The number of benzene rings is 5. The summed E-state index contributed by atoms with van der Waals surface area (Å²) in [5.74, 6) is 0.144. The quantitative estimate of drug-likeness (QED) is 0.0148. The number of ketones is 1. The Labute approximate surface area is 447 Å². The third-order valence-corrected chi connectivity index (χ3v) is 12.9. The maximum Gasteiger partial charge on any atom is 0.344 e. The molecule has 1 aromatic heterocycles. The van der Waals surface area contributed by atoms with Crippen molar-refractivity contribution in [1.29, 1.82) is 0 Å². The van der Waals surface area contributed by atoms with E-state index in [-0.39, 0.29) is 47.2 Å². The normalized spacial score (nSPS) is 14.2. The molecule has 3 aliphatic heterocycles.